The van der Waals surface area contributed by atoms with Crippen molar-refractivity contribution in [1.29, 1.82) is 0 Å². The number of halogens is 2. The summed E-state index contributed by atoms with van der Waals surface area (Å²) < 4.78 is 0. The Morgan fingerprint density at radius 1 is 1.10 bits per heavy atom. The van der Waals surface area contributed by atoms with Crippen LogP contribution in [0.25, 0.3) is 0 Å². The van der Waals surface area contributed by atoms with Gasteiger partial charge in [0, 0.05) is 32.2 Å². The molecule has 1 N–H and O–H groups in total. The predicted octanol–water partition coefficient (Wildman–Crippen LogP) is 3.89. The van der Waals surface area contributed by atoms with E-state index < -0.39 is 0 Å². The molecule has 0 radical (unpaired) electrons. The van der Waals surface area contributed by atoms with Gasteiger partial charge in [-0.3, -0.25) is 4.90 Å². The summed E-state index contributed by atoms with van der Waals surface area (Å²) >= 11 is 0. The smallest absolute Gasteiger partial charge is 0.0379 e. The van der Waals surface area contributed by atoms with Gasteiger partial charge in [-0.05, 0) is 43.7 Å². The lowest BCUT2D eigenvalue weighted by atomic mass is 9.75. The fourth-order valence-corrected chi connectivity index (χ4v) is 3.62. The first-order valence-electron chi connectivity index (χ1n) is 7.77. The van der Waals surface area contributed by atoms with Gasteiger partial charge in [0.05, 0.1) is 0 Å². The van der Waals surface area contributed by atoms with Crippen LogP contribution in [0.3, 0.4) is 0 Å². The molecule has 21 heavy (non-hydrogen) atoms. The van der Waals surface area contributed by atoms with E-state index in [0.29, 0.717) is 6.04 Å². The first-order valence-corrected chi connectivity index (χ1v) is 7.77. The molecular weight excluding hydrogens is 303 g/mol. The number of hydrogen-bond acceptors (Lipinski definition) is 2. The molecule has 1 heterocycles. The highest BCUT2D eigenvalue weighted by atomic mass is 35.5. The molecule has 4 heteroatoms. The number of nitrogens with one attached hydrogen (secondary N) is 1. The van der Waals surface area contributed by atoms with Gasteiger partial charge >= 0.3 is 0 Å². The zero-order chi connectivity index (χ0) is 13.2. The Kier molecular flexibility index (Phi) is 7.49. The molecule has 0 unspecified atom stereocenters. The second kappa shape index (κ2) is 8.38. The monoisotopic (exact) mass is 330 g/mol. The molecule has 1 aliphatic carbocycles. The van der Waals surface area contributed by atoms with Crippen LogP contribution < -0.4 is 5.32 Å². The van der Waals surface area contributed by atoms with Gasteiger partial charge in [0.2, 0.25) is 0 Å². The van der Waals surface area contributed by atoms with Gasteiger partial charge in [-0.2, -0.15) is 0 Å². The minimum Gasteiger partial charge on any atom is -0.314 e. The van der Waals surface area contributed by atoms with Gasteiger partial charge in [-0.1, -0.05) is 30.2 Å². The van der Waals surface area contributed by atoms with Crippen molar-refractivity contribution in [2.75, 3.05) is 26.2 Å². The number of rotatable bonds is 3. The summed E-state index contributed by atoms with van der Waals surface area (Å²) in [6, 6.07) is 7.69. The first-order chi connectivity index (χ1) is 9.25. The summed E-state index contributed by atoms with van der Waals surface area (Å²) in [6.07, 6.45) is 4.27. The summed E-state index contributed by atoms with van der Waals surface area (Å²) in [5.41, 5.74) is 4.45. The van der Waals surface area contributed by atoms with Gasteiger partial charge < -0.3 is 5.32 Å². The Morgan fingerprint density at radius 3 is 2.29 bits per heavy atom. The molecule has 0 spiro atoms. The van der Waals surface area contributed by atoms with Gasteiger partial charge in [0.25, 0.3) is 0 Å². The van der Waals surface area contributed by atoms with Crippen LogP contribution in [-0.4, -0.2) is 31.1 Å². The fraction of sp³-hybridized carbons (Fsp3) is 0.647. The zero-order valence-electron chi connectivity index (χ0n) is 13.1. The van der Waals surface area contributed by atoms with Crippen molar-refractivity contribution in [3.63, 3.8) is 0 Å². The van der Waals surface area contributed by atoms with E-state index in [1.54, 1.807) is 5.56 Å². The summed E-state index contributed by atoms with van der Waals surface area (Å²) in [6.45, 7) is 9.18. The van der Waals surface area contributed by atoms with E-state index in [1.807, 2.05) is 0 Å². The largest absolute Gasteiger partial charge is 0.314 e. The van der Waals surface area contributed by atoms with Crippen molar-refractivity contribution in [3.8, 4) is 0 Å². The van der Waals surface area contributed by atoms with Crippen molar-refractivity contribution in [2.24, 2.45) is 5.92 Å². The zero-order valence-corrected chi connectivity index (χ0v) is 14.7. The molecule has 1 aromatic carbocycles. The quantitative estimate of drug-likeness (QED) is 0.904. The molecule has 0 amide bonds. The topological polar surface area (TPSA) is 15.3 Å². The Balaban J connectivity index is 0.00000110. The van der Waals surface area contributed by atoms with E-state index in [4.69, 9.17) is 0 Å². The van der Waals surface area contributed by atoms with Crippen molar-refractivity contribution >= 4 is 24.8 Å². The molecule has 3 rings (SSSR count). The van der Waals surface area contributed by atoms with Crippen molar-refractivity contribution in [3.05, 3.63) is 34.9 Å². The lowest BCUT2D eigenvalue weighted by Gasteiger charge is -2.44. The predicted molar refractivity (Wildman–Crippen MR) is 94.9 cm³/mol. The second-order valence-corrected chi connectivity index (χ2v) is 6.28. The third-order valence-corrected chi connectivity index (χ3v) is 4.89. The highest BCUT2D eigenvalue weighted by Gasteiger charge is 2.34. The molecule has 1 saturated carbocycles. The van der Waals surface area contributed by atoms with Crippen LogP contribution >= 0.6 is 24.8 Å². The van der Waals surface area contributed by atoms with Crippen molar-refractivity contribution in [2.45, 2.75) is 39.2 Å². The third kappa shape index (κ3) is 4.13. The minimum atomic E-state index is 0. The van der Waals surface area contributed by atoms with E-state index in [2.05, 4.69) is 42.3 Å². The molecule has 120 valence electrons. The van der Waals surface area contributed by atoms with E-state index in [1.165, 1.54) is 43.5 Å². The van der Waals surface area contributed by atoms with Crippen LogP contribution in [0.15, 0.2) is 18.2 Å². The summed E-state index contributed by atoms with van der Waals surface area (Å²) in [5.74, 6) is 0.888. The van der Waals surface area contributed by atoms with Gasteiger partial charge in [0.1, 0.15) is 0 Å². The molecule has 1 saturated heterocycles. The number of nitrogens with zero attached hydrogens (tertiary/aromatic N) is 1. The summed E-state index contributed by atoms with van der Waals surface area (Å²) in [7, 11) is 0. The summed E-state index contributed by atoms with van der Waals surface area (Å²) in [4.78, 5) is 2.72. The molecule has 0 aromatic heterocycles. The molecule has 1 atom stereocenters. The Labute approximate surface area is 141 Å². The highest BCUT2D eigenvalue weighted by molar-refractivity contribution is 5.85. The van der Waals surface area contributed by atoms with Crippen LogP contribution in [0, 0.1) is 19.8 Å². The fourth-order valence-electron chi connectivity index (χ4n) is 3.62. The number of benzene rings is 1. The van der Waals surface area contributed by atoms with Crippen LogP contribution in [0.1, 0.15) is 42.0 Å². The van der Waals surface area contributed by atoms with E-state index in [-0.39, 0.29) is 24.8 Å². The lowest BCUT2D eigenvalue weighted by Crippen LogP contribution is -2.48. The molecule has 2 fully saturated rings. The Morgan fingerprint density at radius 2 is 1.76 bits per heavy atom. The standard InChI is InChI=1S/C17H26N2.2ClH/c1-13-6-7-16(14(2)12-13)17(15-4-3-5-15)19-10-8-18-9-11-19;;/h6-7,12,15,17-18H,3-5,8-11H2,1-2H3;2*1H/t17-;;/m1../s1. The number of hydrogen-bond donors (Lipinski definition) is 1. The molecule has 1 aliphatic heterocycles. The number of aryl methyl sites for hydroxylation is 2. The Hall–Kier alpha value is -0.280. The average Bonchev–Trinajstić information content (AvgIpc) is 2.35. The van der Waals surface area contributed by atoms with Gasteiger partial charge in [-0.25, -0.2) is 0 Å². The normalized spacial score (nSPS) is 20.9. The average molecular weight is 331 g/mol. The first kappa shape index (κ1) is 18.8. The second-order valence-electron chi connectivity index (χ2n) is 6.28. The highest BCUT2D eigenvalue weighted by Crippen LogP contribution is 2.42. The number of piperazine rings is 1. The van der Waals surface area contributed by atoms with Crippen molar-refractivity contribution in [1.82, 2.24) is 10.2 Å². The lowest BCUT2D eigenvalue weighted by molar-refractivity contribution is 0.0833. The Bertz CT molecular complexity index is 440. The molecule has 2 nitrogen and oxygen atoms in total. The minimum absolute atomic E-state index is 0. The van der Waals surface area contributed by atoms with E-state index in [9.17, 15) is 0 Å². The molecule has 2 aliphatic rings. The van der Waals surface area contributed by atoms with Crippen LogP contribution in [-0.2, 0) is 0 Å². The van der Waals surface area contributed by atoms with Crippen molar-refractivity contribution < 1.29 is 0 Å². The maximum atomic E-state index is 3.48. The van der Waals surface area contributed by atoms with Crippen LogP contribution in [0.2, 0.25) is 0 Å². The molecular formula is C17H28Cl2N2. The molecule has 1 aromatic rings. The maximum absolute atomic E-state index is 3.48. The SMILES string of the molecule is Cc1ccc([C@@H](C2CCC2)N2CCNCC2)c(C)c1.Cl.Cl. The van der Waals surface area contributed by atoms with E-state index in [0.717, 1.165) is 19.0 Å². The van der Waals surface area contributed by atoms with Crippen LogP contribution in [0.4, 0.5) is 0 Å². The summed E-state index contributed by atoms with van der Waals surface area (Å²) in [5, 5.41) is 3.48. The van der Waals surface area contributed by atoms with Gasteiger partial charge in [-0.15, -0.1) is 24.8 Å². The van der Waals surface area contributed by atoms with Crippen LogP contribution in [0.5, 0.6) is 0 Å². The maximum Gasteiger partial charge on any atom is 0.0379 e. The van der Waals surface area contributed by atoms with Gasteiger partial charge in [0.15, 0.2) is 0 Å². The third-order valence-electron chi connectivity index (χ3n) is 4.89. The molecule has 0 bridgehead atoms. The van der Waals surface area contributed by atoms with E-state index >= 15 is 0 Å².